The number of carbonyl (C=O) groups is 2. The first-order valence-corrected chi connectivity index (χ1v) is 10.8. The number of hydrogen-bond donors (Lipinski definition) is 1. The van der Waals surface area contributed by atoms with Gasteiger partial charge in [0.05, 0.1) is 30.9 Å². The summed E-state index contributed by atoms with van der Waals surface area (Å²) in [5, 5.41) is 9.51. The number of esters is 1. The zero-order valence-corrected chi connectivity index (χ0v) is 18.1. The number of carbonyl (C=O) groups excluding carboxylic acids is 2. The summed E-state index contributed by atoms with van der Waals surface area (Å²) in [5.41, 5.74) is 0.702. The van der Waals surface area contributed by atoms with Crippen LogP contribution in [0.1, 0.15) is 23.0 Å². The van der Waals surface area contributed by atoms with E-state index in [0.29, 0.717) is 15.9 Å². The number of fused-ring (bicyclic) bond motifs is 1. The van der Waals surface area contributed by atoms with Gasteiger partial charge in [0.15, 0.2) is 16.7 Å². The number of furan rings is 1. The van der Waals surface area contributed by atoms with Crippen molar-refractivity contribution in [2.24, 2.45) is 9.39 Å². The van der Waals surface area contributed by atoms with Crippen LogP contribution in [-0.4, -0.2) is 45.8 Å². The highest BCUT2D eigenvalue weighted by atomic mass is 32.2. The number of ether oxygens (including phenoxy) is 2. The van der Waals surface area contributed by atoms with Crippen molar-refractivity contribution in [1.29, 1.82) is 5.41 Å². The molecule has 0 aliphatic carbocycles. The molecule has 31 heavy (non-hydrogen) atoms. The summed E-state index contributed by atoms with van der Waals surface area (Å²) in [5.74, 6) is 0.149. The van der Waals surface area contributed by atoms with Gasteiger partial charge in [0, 0.05) is 0 Å². The van der Waals surface area contributed by atoms with Gasteiger partial charge in [-0.1, -0.05) is 24.8 Å². The van der Waals surface area contributed by atoms with Crippen LogP contribution in [0.2, 0.25) is 0 Å². The molecule has 0 bridgehead atoms. The van der Waals surface area contributed by atoms with Gasteiger partial charge in [-0.2, -0.15) is 9.39 Å². The molecule has 0 atom stereocenters. The van der Waals surface area contributed by atoms with E-state index in [0.717, 1.165) is 17.7 Å². The Kier molecular flexibility index (Phi) is 5.96. The predicted octanol–water partition coefficient (Wildman–Crippen LogP) is 3.84. The Morgan fingerprint density at radius 2 is 2.19 bits per heavy atom. The molecule has 2 aliphatic rings. The van der Waals surface area contributed by atoms with Crippen LogP contribution < -0.4 is 9.47 Å². The minimum absolute atomic E-state index is 0.00647. The van der Waals surface area contributed by atoms with Gasteiger partial charge in [0.1, 0.15) is 5.84 Å². The van der Waals surface area contributed by atoms with Crippen LogP contribution in [0.4, 0.5) is 0 Å². The van der Waals surface area contributed by atoms with Crippen LogP contribution in [0.25, 0.3) is 6.08 Å². The normalized spacial score (nSPS) is 16.8. The third-order valence-corrected chi connectivity index (χ3v) is 5.83. The molecule has 0 unspecified atom stereocenters. The lowest BCUT2D eigenvalue weighted by Gasteiger charge is -2.24. The van der Waals surface area contributed by atoms with Crippen molar-refractivity contribution in [3.8, 4) is 11.5 Å². The summed E-state index contributed by atoms with van der Waals surface area (Å²) >= 11 is 2.55. The van der Waals surface area contributed by atoms with Crippen LogP contribution in [0.5, 0.6) is 11.5 Å². The molecule has 2 aromatic rings. The molecule has 1 aromatic heterocycles. The second-order valence-corrected chi connectivity index (χ2v) is 8.08. The molecule has 11 heteroatoms. The van der Waals surface area contributed by atoms with Gasteiger partial charge in [0.25, 0.3) is 5.91 Å². The summed E-state index contributed by atoms with van der Waals surface area (Å²) < 4.78 is 20.0. The minimum atomic E-state index is -0.660. The zero-order chi connectivity index (χ0) is 22.0. The van der Waals surface area contributed by atoms with E-state index in [1.54, 1.807) is 35.2 Å². The number of hydrogen-bond acceptors (Lipinski definition) is 9. The molecule has 0 spiro atoms. The number of nitrogens with one attached hydrogen (secondary N) is 1. The first-order chi connectivity index (χ1) is 15.0. The molecule has 2 aliphatic heterocycles. The minimum Gasteiger partial charge on any atom is -0.493 e. The number of methoxy groups -OCH3 is 1. The van der Waals surface area contributed by atoms with Gasteiger partial charge in [-0.05, 0) is 41.7 Å². The number of benzene rings is 1. The maximum absolute atomic E-state index is 12.5. The highest BCUT2D eigenvalue weighted by Crippen LogP contribution is 2.33. The first kappa shape index (κ1) is 20.9. The topological polar surface area (TPSA) is 118 Å². The van der Waals surface area contributed by atoms with Gasteiger partial charge in [0.2, 0.25) is 10.9 Å². The number of rotatable bonds is 5. The van der Waals surface area contributed by atoms with Gasteiger partial charge in [-0.15, -0.1) is 0 Å². The molecule has 1 aromatic carbocycles. The average Bonchev–Trinajstić information content (AvgIpc) is 3.43. The quantitative estimate of drug-likeness (QED) is 0.312. The molecular formula is C20H16N4O5S2. The summed E-state index contributed by atoms with van der Waals surface area (Å²) in [7, 11) is 1.44. The van der Waals surface area contributed by atoms with Crippen molar-refractivity contribution in [1.82, 2.24) is 4.90 Å². The third-order valence-electron chi connectivity index (χ3n) is 4.19. The van der Waals surface area contributed by atoms with E-state index >= 15 is 0 Å². The Balaban J connectivity index is 1.61. The van der Waals surface area contributed by atoms with Crippen molar-refractivity contribution in [3.05, 3.63) is 53.5 Å². The third kappa shape index (κ3) is 4.14. The van der Waals surface area contributed by atoms with E-state index < -0.39 is 11.9 Å². The number of aliphatic imine (C=N–C) groups is 1. The van der Waals surface area contributed by atoms with Crippen LogP contribution in [-0.2, 0) is 4.79 Å². The lowest BCUT2D eigenvalue weighted by molar-refractivity contribution is -0.114. The lowest BCUT2D eigenvalue weighted by Crippen LogP contribution is -2.41. The van der Waals surface area contributed by atoms with E-state index in [9.17, 15) is 9.59 Å². The van der Waals surface area contributed by atoms with Crippen molar-refractivity contribution in [3.63, 3.8) is 0 Å². The Morgan fingerprint density at radius 3 is 2.90 bits per heavy atom. The second kappa shape index (κ2) is 8.82. The highest BCUT2D eigenvalue weighted by Gasteiger charge is 2.37. The second-order valence-electron chi connectivity index (χ2n) is 6.12. The SMILES string of the molecule is CCSC1=NSC2=NC(=O)/C(=C\c3ccc(OC(=O)c4ccco4)c(OC)c3)C(=N)N12. The molecule has 1 amide bonds. The van der Waals surface area contributed by atoms with Crippen molar-refractivity contribution in [2.75, 3.05) is 12.9 Å². The predicted molar refractivity (Wildman–Crippen MR) is 120 cm³/mol. The molecule has 3 heterocycles. The summed E-state index contributed by atoms with van der Waals surface area (Å²) in [6.45, 7) is 1.98. The maximum Gasteiger partial charge on any atom is 0.379 e. The monoisotopic (exact) mass is 456 g/mol. The number of thioether (sulfide) groups is 1. The molecule has 9 nitrogen and oxygen atoms in total. The molecule has 1 N–H and O–H groups in total. The lowest BCUT2D eigenvalue weighted by atomic mass is 10.1. The van der Waals surface area contributed by atoms with Crippen LogP contribution in [0.15, 0.2) is 56.0 Å². The fourth-order valence-electron chi connectivity index (χ4n) is 2.79. The Hall–Kier alpha value is -3.31. The van der Waals surface area contributed by atoms with Crippen molar-refractivity contribution in [2.45, 2.75) is 6.92 Å². The Morgan fingerprint density at radius 1 is 1.35 bits per heavy atom. The van der Waals surface area contributed by atoms with E-state index in [-0.39, 0.29) is 28.7 Å². The molecule has 0 fully saturated rings. The number of nitrogens with zero attached hydrogens (tertiary/aromatic N) is 3. The van der Waals surface area contributed by atoms with Crippen LogP contribution in [0.3, 0.4) is 0 Å². The largest absolute Gasteiger partial charge is 0.493 e. The average molecular weight is 457 g/mol. The van der Waals surface area contributed by atoms with Gasteiger partial charge >= 0.3 is 5.97 Å². The Labute approximate surface area is 185 Å². The molecule has 4 rings (SSSR count). The van der Waals surface area contributed by atoms with E-state index in [1.165, 1.54) is 31.2 Å². The smallest absolute Gasteiger partial charge is 0.379 e. The van der Waals surface area contributed by atoms with Gasteiger partial charge < -0.3 is 13.9 Å². The number of amides is 1. The number of amidine groups is 3. The Bertz CT molecular complexity index is 1150. The summed E-state index contributed by atoms with van der Waals surface area (Å²) in [6, 6.07) is 7.87. The van der Waals surface area contributed by atoms with Crippen LogP contribution >= 0.6 is 23.7 Å². The van der Waals surface area contributed by atoms with Crippen molar-refractivity contribution < 1.29 is 23.5 Å². The zero-order valence-electron chi connectivity index (χ0n) is 16.4. The van der Waals surface area contributed by atoms with E-state index in [2.05, 4.69) is 9.39 Å². The van der Waals surface area contributed by atoms with Gasteiger partial charge in [-0.3, -0.25) is 10.2 Å². The van der Waals surface area contributed by atoms with E-state index in [4.69, 9.17) is 19.3 Å². The molecule has 0 radical (unpaired) electrons. The summed E-state index contributed by atoms with van der Waals surface area (Å²) in [6.07, 6.45) is 2.92. The van der Waals surface area contributed by atoms with Crippen molar-refractivity contribution >= 4 is 57.8 Å². The first-order valence-electron chi connectivity index (χ1n) is 9.07. The van der Waals surface area contributed by atoms with Gasteiger partial charge in [-0.25, -0.2) is 9.69 Å². The maximum atomic E-state index is 12.5. The fraction of sp³-hybridized carbons (Fsp3) is 0.150. The summed E-state index contributed by atoms with van der Waals surface area (Å²) in [4.78, 5) is 30.2. The van der Waals surface area contributed by atoms with E-state index in [1.807, 2.05) is 6.92 Å². The molecule has 0 saturated heterocycles. The molecular weight excluding hydrogens is 440 g/mol. The fourth-order valence-corrected chi connectivity index (χ4v) is 4.36. The highest BCUT2D eigenvalue weighted by molar-refractivity contribution is 8.19. The molecule has 0 saturated carbocycles. The molecule has 158 valence electrons. The van der Waals surface area contributed by atoms with Crippen LogP contribution in [0, 0.1) is 5.41 Å². The standard InChI is InChI=1S/C20H16N4O5S2/c1-3-30-20-23-31-19-22-17(25)12(16(21)24(19)20)9-11-6-7-13(15(10-11)27-2)29-18(26)14-5-4-8-28-14/h4-10,21H,3H2,1-2H3/b12-9-,21-16?.